The number of halogens is 2. The quantitative estimate of drug-likeness (QED) is 0.852. The van der Waals surface area contributed by atoms with Gasteiger partial charge in [0.05, 0.1) is 12.7 Å². The molecule has 1 fully saturated rings. The van der Waals surface area contributed by atoms with Gasteiger partial charge in [0.15, 0.2) is 11.5 Å². The van der Waals surface area contributed by atoms with Crippen molar-refractivity contribution in [3.8, 4) is 11.5 Å². The molecule has 0 saturated heterocycles. The maximum Gasteiger partial charge on any atom is 0.387 e. The summed E-state index contributed by atoms with van der Waals surface area (Å²) in [5.74, 6) is 0.787. The van der Waals surface area contributed by atoms with Crippen LogP contribution in [0.15, 0.2) is 18.2 Å². The largest absolute Gasteiger partial charge is 0.489 e. The second-order valence-electron chi connectivity index (χ2n) is 4.52. The van der Waals surface area contributed by atoms with Gasteiger partial charge in [-0.15, -0.1) is 0 Å². The third kappa shape index (κ3) is 3.57. The number of ether oxygens (including phenoxy) is 2. The van der Waals surface area contributed by atoms with Crippen molar-refractivity contribution in [2.75, 3.05) is 6.61 Å². The van der Waals surface area contributed by atoms with Crippen LogP contribution in [0.5, 0.6) is 11.5 Å². The normalized spacial score (nSPS) is 16.7. The molecule has 1 saturated carbocycles. The number of rotatable bonds is 6. The number of aliphatic hydroxyl groups is 1. The topological polar surface area (TPSA) is 38.7 Å². The van der Waals surface area contributed by atoms with Gasteiger partial charge in [0.2, 0.25) is 0 Å². The highest BCUT2D eigenvalue weighted by atomic mass is 19.3. The molecule has 1 aliphatic rings. The van der Waals surface area contributed by atoms with Gasteiger partial charge in [-0.25, -0.2) is 0 Å². The molecule has 1 N–H and O–H groups in total. The summed E-state index contributed by atoms with van der Waals surface area (Å²) in [5.41, 5.74) is 0.613. The fraction of sp³-hybridized carbons (Fsp3) is 0.538. The van der Waals surface area contributed by atoms with Crippen LogP contribution in [0.3, 0.4) is 0 Å². The molecule has 3 nitrogen and oxygen atoms in total. The summed E-state index contributed by atoms with van der Waals surface area (Å²) >= 11 is 0. The Kier molecular flexibility index (Phi) is 4.01. The Morgan fingerprint density at radius 2 is 2.06 bits per heavy atom. The predicted molar refractivity (Wildman–Crippen MR) is 61.9 cm³/mol. The van der Waals surface area contributed by atoms with Crippen LogP contribution in [0, 0.1) is 5.92 Å². The summed E-state index contributed by atoms with van der Waals surface area (Å²) in [4.78, 5) is 0. The lowest BCUT2D eigenvalue weighted by Gasteiger charge is -2.14. The number of benzene rings is 1. The van der Waals surface area contributed by atoms with Crippen LogP contribution in [-0.2, 0) is 0 Å². The van der Waals surface area contributed by atoms with Crippen LogP contribution in [0.25, 0.3) is 0 Å². The highest BCUT2D eigenvalue weighted by Gasteiger charge is 2.23. The molecule has 0 radical (unpaired) electrons. The Bertz CT molecular complexity index is 403. The molecule has 1 atom stereocenters. The average molecular weight is 258 g/mol. The number of hydrogen-bond acceptors (Lipinski definition) is 3. The minimum Gasteiger partial charge on any atom is -0.489 e. The van der Waals surface area contributed by atoms with Gasteiger partial charge in [-0.05, 0) is 43.4 Å². The fourth-order valence-corrected chi connectivity index (χ4v) is 1.58. The number of aliphatic hydroxyl groups excluding tert-OH is 1. The van der Waals surface area contributed by atoms with E-state index in [0.717, 1.165) is 12.8 Å². The zero-order valence-corrected chi connectivity index (χ0v) is 10.1. The van der Waals surface area contributed by atoms with E-state index in [-0.39, 0.29) is 11.5 Å². The highest BCUT2D eigenvalue weighted by Crippen LogP contribution is 2.35. The van der Waals surface area contributed by atoms with E-state index in [0.29, 0.717) is 18.1 Å². The Labute approximate surface area is 104 Å². The Morgan fingerprint density at radius 1 is 1.33 bits per heavy atom. The van der Waals surface area contributed by atoms with Gasteiger partial charge < -0.3 is 14.6 Å². The predicted octanol–water partition coefficient (Wildman–Crippen LogP) is 3.13. The SMILES string of the molecule is CC(O)c1ccc(OC(F)F)c(OCC2CC2)c1. The van der Waals surface area contributed by atoms with Crippen LogP contribution in [0.4, 0.5) is 8.78 Å². The summed E-state index contributed by atoms with van der Waals surface area (Å²) in [6.45, 7) is -0.776. The summed E-state index contributed by atoms with van der Waals surface area (Å²) in [5, 5.41) is 9.47. The molecule has 0 amide bonds. The molecule has 0 bridgehead atoms. The summed E-state index contributed by atoms with van der Waals surface area (Å²) in [6.07, 6.45) is 1.55. The molecule has 0 aliphatic heterocycles. The Balaban J connectivity index is 2.14. The maximum atomic E-state index is 12.2. The van der Waals surface area contributed by atoms with Crippen molar-refractivity contribution < 1.29 is 23.4 Å². The summed E-state index contributed by atoms with van der Waals surface area (Å²) in [7, 11) is 0. The lowest BCUT2D eigenvalue weighted by Crippen LogP contribution is -2.07. The fourth-order valence-electron chi connectivity index (χ4n) is 1.58. The molecule has 0 aromatic heterocycles. The van der Waals surface area contributed by atoms with Crippen molar-refractivity contribution in [2.24, 2.45) is 5.92 Å². The third-order valence-electron chi connectivity index (χ3n) is 2.84. The second-order valence-corrected chi connectivity index (χ2v) is 4.52. The molecule has 2 rings (SSSR count). The van der Waals surface area contributed by atoms with E-state index in [2.05, 4.69) is 4.74 Å². The molecular formula is C13H16F2O3. The minimum atomic E-state index is -2.88. The van der Waals surface area contributed by atoms with Gasteiger partial charge in [-0.2, -0.15) is 8.78 Å². The molecule has 18 heavy (non-hydrogen) atoms. The highest BCUT2D eigenvalue weighted by molar-refractivity contribution is 5.43. The van der Waals surface area contributed by atoms with E-state index in [1.165, 1.54) is 6.07 Å². The number of alkyl halides is 2. The molecule has 1 aromatic carbocycles. The first-order chi connectivity index (χ1) is 8.56. The van der Waals surface area contributed by atoms with Gasteiger partial charge in [0, 0.05) is 0 Å². The van der Waals surface area contributed by atoms with E-state index in [4.69, 9.17) is 4.74 Å². The van der Waals surface area contributed by atoms with Crippen LogP contribution >= 0.6 is 0 Å². The van der Waals surface area contributed by atoms with Crippen molar-refractivity contribution >= 4 is 0 Å². The van der Waals surface area contributed by atoms with E-state index >= 15 is 0 Å². The van der Waals surface area contributed by atoms with Gasteiger partial charge in [-0.3, -0.25) is 0 Å². The summed E-state index contributed by atoms with van der Waals surface area (Å²) in [6, 6.07) is 4.49. The van der Waals surface area contributed by atoms with E-state index in [1.54, 1.807) is 19.1 Å². The van der Waals surface area contributed by atoms with Crippen molar-refractivity contribution in [1.82, 2.24) is 0 Å². The molecule has 1 aromatic rings. The Morgan fingerprint density at radius 3 is 2.61 bits per heavy atom. The summed E-state index contributed by atoms with van der Waals surface area (Å²) < 4.78 is 34.4. The molecule has 1 aliphatic carbocycles. The smallest absolute Gasteiger partial charge is 0.387 e. The standard InChI is InChI=1S/C13H16F2O3/c1-8(16)10-4-5-11(18-13(14)15)12(6-10)17-7-9-2-3-9/h4-6,8-9,13,16H,2-3,7H2,1H3. The Hall–Kier alpha value is -1.36. The first kappa shape index (κ1) is 13.1. The van der Waals surface area contributed by atoms with E-state index in [1.807, 2.05) is 0 Å². The van der Waals surface area contributed by atoms with Crippen molar-refractivity contribution in [1.29, 1.82) is 0 Å². The maximum absolute atomic E-state index is 12.2. The first-order valence-corrected chi connectivity index (χ1v) is 5.96. The van der Waals surface area contributed by atoms with Crippen molar-refractivity contribution in [2.45, 2.75) is 32.5 Å². The second kappa shape index (κ2) is 5.52. The minimum absolute atomic E-state index is 0.00931. The zero-order valence-electron chi connectivity index (χ0n) is 10.1. The molecule has 100 valence electrons. The van der Waals surface area contributed by atoms with Crippen molar-refractivity contribution in [3.63, 3.8) is 0 Å². The molecule has 0 spiro atoms. The van der Waals surface area contributed by atoms with Crippen LogP contribution < -0.4 is 9.47 Å². The van der Waals surface area contributed by atoms with Crippen LogP contribution in [0.2, 0.25) is 0 Å². The monoisotopic (exact) mass is 258 g/mol. The van der Waals surface area contributed by atoms with Crippen molar-refractivity contribution in [3.05, 3.63) is 23.8 Å². The van der Waals surface area contributed by atoms with Gasteiger partial charge >= 0.3 is 6.61 Å². The number of hydrogen-bond donors (Lipinski definition) is 1. The first-order valence-electron chi connectivity index (χ1n) is 5.96. The van der Waals surface area contributed by atoms with Crippen LogP contribution in [0.1, 0.15) is 31.4 Å². The molecule has 0 heterocycles. The van der Waals surface area contributed by atoms with Gasteiger partial charge in [0.25, 0.3) is 0 Å². The average Bonchev–Trinajstić information content (AvgIpc) is 3.10. The van der Waals surface area contributed by atoms with Gasteiger partial charge in [-0.1, -0.05) is 6.07 Å². The van der Waals surface area contributed by atoms with E-state index in [9.17, 15) is 13.9 Å². The lowest BCUT2D eigenvalue weighted by molar-refractivity contribution is -0.0515. The zero-order chi connectivity index (χ0) is 13.1. The third-order valence-corrected chi connectivity index (χ3v) is 2.84. The van der Waals surface area contributed by atoms with Gasteiger partial charge in [0.1, 0.15) is 0 Å². The lowest BCUT2D eigenvalue weighted by atomic mass is 10.1. The van der Waals surface area contributed by atoms with Crippen LogP contribution in [-0.4, -0.2) is 18.3 Å². The molecule has 5 heteroatoms. The molecule has 1 unspecified atom stereocenters. The van der Waals surface area contributed by atoms with E-state index < -0.39 is 12.7 Å². The molecular weight excluding hydrogens is 242 g/mol.